The molecule has 5 heteroatoms. The van der Waals surface area contributed by atoms with Crippen molar-refractivity contribution in [2.45, 2.75) is 6.92 Å². The van der Waals surface area contributed by atoms with Crippen molar-refractivity contribution < 1.29 is 14.3 Å². The van der Waals surface area contributed by atoms with Gasteiger partial charge in [0.1, 0.15) is 5.76 Å². The molecule has 1 aromatic rings. The van der Waals surface area contributed by atoms with Gasteiger partial charge in [0.2, 0.25) is 0 Å². The Kier molecular flexibility index (Phi) is 7.33. The van der Waals surface area contributed by atoms with Crippen LogP contribution in [0, 0.1) is 5.41 Å². The van der Waals surface area contributed by atoms with E-state index in [-0.39, 0.29) is 0 Å². The molecule has 0 amide bonds. The molecular formula is C18H22N2O3. The number of hydrogen-bond acceptors (Lipinski definition) is 5. The van der Waals surface area contributed by atoms with Gasteiger partial charge in [-0.1, -0.05) is 18.7 Å². The summed E-state index contributed by atoms with van der Waals surface area (Å²) in [5.74, 6) is 0.154. The minimum absolute atomic E-state index is 0.416. The number of carbonyl (C=O) groups is 1. The summed E-state index contributed by atoms with van der Waals surface area (Å²) in [5, 5.41) is 10.7. The lowest BCUT2D eigenvalue weighted by molar-refractivity contribution is 0.0600. The summed E-state index contributed by atoms with van der Waals surface area (Å²) in [6, 6.07) is 5.05. The molecule has 5 nitrogen and oxygen atoms in total. The van der Waals surface area contributed by atoms with Crippen molar-refractivity contribution in [2.75, 3.05) is 26.1 Å². The molecule has 0 aliphatic carbocycles. The van der Waals surface area contributed by atoms with Gasteiger partial charge >= 0.3 is 5.97 Å². The van der Waals surface area contributed by atoms with Crippen molar-refractivity contribution in [3.63, 3.8) is 0 Å². The standard InChI is InChI=1S/C18H22N2O3/c1-5-14(7-6-13(2)22-3)12-20-17-9-8-15(18(21)23-4)10-16(17)11-19/h5-11,19-20H,2,12H2,1,3-4H3/b7-6-,14-5+,19-11?. The molecule has 0 fully saturated rings. The van der Waals surface area contributed by atoms with E-state index in [2.05, 4.69) is 16.6 Å². The molecule has 0 radical (unpaired) electrons. The molecule has 0 aliphatic rings. The summed E-state index contributed by atoms with van der Waals surface area (Å²) in [7, 11) is 2.90. The van der Waals surface area contributed by atoms with Gasteiger partial charge in [0.15, 0.2) is 0 Å². The number of ether oxygens (including phenoxy) is 2. The van der Waals surface area contributed by atoms with Gasteiger partial charge in [-0.15, -0.1) is 0 Å². The number of benzene rings is 1. The van der Waals surface area contributed by atoms with Crippen LogP contribution >= 0.6 is 0 Å². The Labute approximate surface area is 136 Å². The number of anilines is 1. The predicted octanol–water partition coefficient (Wildman–Crippen LogP) is 3.55. The van der Waals surface area contributed by atoms with Crippen molar-refractivity contribution in [3.05, 3.63) is 65.5 Å². The third kappa shape index (κ3) is 5.47. The highest BCUT2D eigenvalue weighted by atomic mass is 16.5. The molecule has 122 valence electrons. The van der Waals surface area contributed by atoms with E-state index in [4.69, 9.17) is 10.1 Å². The van der Waals surface area contributed by atoms with Crippen molar-refractivity contribution in [1.29, 1.82) is 5.41 Å². The number of nitrogens with one attached hydrogen (secondary N) is 2. The molecule has 1 rings (SSSR count). The summed E-state index contributed by atoms with van der Waals surface area (Å²) in [6.07, 6.45) is 6.87. The summed E-state index contributed by atoms with van der Waals surface area (Å²) < 4.78 is 9.67. The topological polar surface area (TPSA) is 71.4 Å². The lowest BCUT2D eigenvalue weighted by Gasteiger charge is -2.11. The Bertz CT molecular complexity index is 646. The summed E-state index contributed by atoms with van der Waals surface area (Å²) in [4.78, 5) is 11.5. The molecule has 0 aromatic heterocycles. The molecule has 1 aromatic carbocycles. The van der Waals surface area contributed by atoms with Crippen molar-refractivity contribution >= 4 is 17.9 Å². The molecule has 0 unspecified atom stereocenters. The quantitative estimate of drug-likeness (QED) is 0.333. The first-order valence-electron chi connectivity index (χ1n) is 7.08. The van der Waals surface area contributed by atoms with E-state index in [1.54, 1.807) is 31.4 Å². The van der Waals surface area contributed by atoms with Gasteiger partial charge in [-0.2, -0.15) is 0 Å². The Balaban J connectivity index is 2.84. The van der Waals surface area contributed by atoms with E-state index in [0.29, 0.717) is 23.4 Å². The van der Waals surface area contributed by atoms with Crippen LogP contribution in [-0.4, -0.2) is 32.9 Å². The van der Waals surface area contributed by atoms with Gasteiger partial charge in [0.05, 0.1) is 19.8 Å². The average Bonchev–Trinajstić information content (AvgIpc) is 2.60. The Morgan fingerprint density at radius 2 is 2.04 bits per heavy atom. The minimum atomic E-state index is -0.421. The molecule has 23 heavy (non-hydrogen) atoms. The van der Waals surface area contributed by atoms with Crippen molar-refractivity contribution in [2.24, 2.45) is 0 Å². The highest BCUT2D eigenvalue weighted by Crippen LogP contribution is 2.17. The Hall–Kier alpha value is -2.82. The van der Waals surface area contributed by atoms with Gasteiger partial charge in [-0.3, -0.25) is 0 Å². The zero-order chi connectivity index (χ0) is 17.2. The SMILES string of the molecule is C=C(/C=C\C(=C/C)CNc1ccc(C(=O)OC)cc1C=N)OC. The number of esters is 1. The second-order valence-electron chi connectivity index (χ2n) is 4.66. The van der Waals surface area contributed by atoms with E-state index in [1.165, 1.54) is 13.3 Å². The van der Waals surface area contributed by atoms with Crippen LogP contribution in [-0.2, 0) is 9.47 Å². The summed E-state index contributed by atoms with van der Waals surface area (Å²) in [6.45, 7) is 6.24. The largest absolute Gasteiger partial charge is 0.497 e. The molecule has 0 bridgehead atoms. The third-order valence-electron chi connectivity index (χ3n) is 3.23. The first-order valence-corrected chi connectivity index (χ1v) is 7.08. The summed E-state index contributed by atoms with van der Waals surface area (Å²) >= 11 is 0. The first kappa shape index (κ1) is 18.2. The number of carbonyl (C=O) groups excluding carboxylic acids is 1. The van der Waals surface area contributed by atoms with Gasteiger partial charge in [0.25, 0.3) is 0 Å². The molecule has 0 atom stereocenters. The number of methoxy groups -OCH3 is 2. The fourth-order valence-corrected chi connectivity index (χ4v) is 1.81. The number of allylic oxidation sites excluding steroid dienone is 2. The molecular weight excluding hydrogens is 292 g/mol. The predicted molar refractivity (Wildman–Crippen MR) is 93.2 cm³/mol. The zero-order valence-corrected chi connectivity index (χ0v) is 13.7. The lowest BCUT2D eigenvalue weighted by Crippen LogP contribution is -2.08. The third-order valence-corrected chi connectivity index (χ3v) is 3.23. The van der Waals surface area contributed by atoms with Gasteiger partial charge in [-0.25, -0.2) is 4.79 Å². The Morgan fingerprint density at radius 3 is 2.61 bits per heavy atom. The fraction of sp³-hybridized carbons (Fsp3) is 0.222. The molecule has 0 aliphatic heterocycles. The van der Waals surface area contributed by atoms with Crippen LogP contribution in [0.1, 0.15) is 22.8 Å². The maximum atomic E-state index is 11.5. The fourth-order valence-electron chi connectivity index (χ4n) is 1.81. The number of hydrogen-bond donors (Lipinski definition) is 2. The molecule has 0 heterocycles. The first-order chi connectivity index (χ1) is 11.0. The maximum absolute atomic E-state index is 11.5. The van der Waals surface area contributed by atoms with Crippen molar-refractivity contribution in [3.8, 4) is 0 Å². The van der Waals surface area contributed by atoms with Crippen LogP contribution in [0.2, 0.25) is 0 Å². The van der Waals surface area contributed by atoms with Crippen molar-refractivity contribution in [1.82, 2.24) is 0 Å². The lowest BCUT2D eigenvalue weighted by atomic mass is 10.1. The van der Waals surface area contributed by atoms with Crippen LogP contribution in [0.25, 0.3) is 0 Å². The second kappa shape index (κ2) is 9.25. The zero-order valence-electron chi connectivity index (χ0n) is 13.7. The monoisotopic (exact) mass is 314 g/mol. The van der Waals surface area contributed by atoms with Gasteiger partial charge in [0, 0.05) is 24.0 Å². The number of rotatable bonds is 8. The highest BCUT2D eigenvalue weighted by Gasteiger charge is 2.08. The van der Waals surface area contributed by atoms with E-state index in [9.17, 15) is 4.79 Å². The average molecular weight is 314 g/mol. The van der Waals surface area contributed by atoms with E-state index >= 15 is 0 Å². The van der Waals surface area contributed by atoms with Crippen LogP contribution in [0.3, 0.4) is 0 Å². The van der Waals surface area contributed by atoms with E-state index in [0.717, 1.165) is 11.3 Å². The molecule has 0 spiro atoms. The summed E-state index contributed by atoms with van der Waals surface area (Å²) in [5.41, 5.74) is 2.84. The van der Waals surface area contributed by atoms with Crippen LogP contribution in [0.4, 0.5) is 5.69 Å². The minimum Gasteiger partial charge on any atom is -0.497 e. The maximum Gasteiger partial charge on any atom is 0.337 e. The second-order valence-corrected chi connectivity index (χ2v) is 4.66. The normalized spacial score (nSPS) is 11.2. The van der Waals surface area contributed by atoms with Gasteiger partial charge in [-0.05, 0) is 36.8 Å². The smallest absolute Gasteiger partial charge is 0.337 e. The van der Waals surface area contributed by atoms with Crippen LogP contribution in [0.15, 0.2) is 54.3 Å². The molecule has 0 saturated heterocycles. The van der Waals surface area contributed by atoms with E-state index < -0.39 is 5.97 Å². The van der Waals surface area contributed by atoms with Gasteiger partial charge < -0.3 is 20.2 Å². The van der Waals surface area contributed by atoms with E-state index in [1.807, 2.05) is 19.1 Å². The van der Waals surface area contributed by atoms with Crippen LogP contribution in [0.5, 0.6) is 0 Å². The molecule has 2 N–H and O–H groups in total. The Morgan fingerprint density at radius 1 is 1.30 bits per heavy atom. The molecule has 0 saturated carbocycles. The van der Waals surface area contributed by atoms with Crippen LogP contribution < -0.4 is 5.32 Å². The highest BCUT2D eigenvalue weighted by molar-refractivity contribution is 5.94.